The van der Waals surface area contributed by atoms with Gasteiger partial charge in [-0.05, 0) is 68.6 Å². The van der Waals surface area contributed by atoms with Gasteiger partial charge in [-0.2, -0.15) is 5.26 Å². The van der Waals surface area contributed by atoms with E-state index < -0.39 is 11.4 Å². The number of ketones is 1. The van der Waals surface area contributed by atoms with Crippen LogP contribution < -0.4 is 4.74 Å². The van der Waals surface area contributed by atoms with E-state index in [1.54, 1.807) is 18.2 Å². The van der Waals surface area contributed by atoms with E-state index >= 15 is 0 Å². The maximum atomic E-state index is 13.4. The number of carbonyl (C=O) groups is 1. The van der Waals surface area contributed by atoms with Crippen LogP contribution in [-0.4, -0.2) is 45.7 Å². The molecular weight excluding hydrogens is 498 g/mol. The second-order valence-electron chi connectivity index (χ2n) is 12.0. The van der Waals surface area contributed by atoms with Gasteiger partial charge in [-0.25, -0.2) is 0 Å². The summed E-state index contributed by atoms with van der Waals surface area (Å²) in [7, 11) is 0.308. The summed E-state index contributed by atoms with van der Waals surface area (Å²) in [6.45, 7) is 14.5. The Balaban J connectivity index is 1.34. The van der Waals surface area contributed by atoms with Crippen LogP contribution in [0.5, 0.6) is 5.75 Å². The number of hydrogen-bond acceptors (Lipinski definition) is 7. The molecule has 2 atom stereocenters. The van der Waals surface area contributed by atoms with Gasteiger partial charge >= 0.3 is 0 Å². The summed E-state index contributed by atoms with van der Waals surface area (Å²) in [4.78, 5) is 13.4. The van der Waals surface area contributed by atoms with Crippen LogP contribution >= 0.6 is 0 Å². The molecule has 3 aromatic rings. The van der Waals surface area contributed by atoms with Crippen molar-refractivity contribution < 1.29 is 27.8 Å². The van der Waals surface area contributed by atoms with Gasteiger partial charge in [0.2, 0.25) is 15.5 Å². The lowest BCUT2D eigenvalue weighted by Gasteiger charge is -2.35. The maximum absolute atomic E-state index is 13.4. The van der Waals surface area contributed by atoms with Gasteiger partial charge in [0.1, 0.15) is 30.1 Å². The number of rotatable bonds is 6. The van der Waals surface area contributed by atoms with E-state index in [0.717, 1.165) is 16.5 Å². The first-order valence-corrected chi connectivity index (χ1v) is 13.7. The van der Waals surface area contributed by atoms with Crippen molar-refractivity contribution >= 4 is 26.5 Å². The van der Waals surface area contributed by atoms with Crippen molar-refractivity contribution in [2.75, 3.05) is 6.61 Å². The van der Waals surface area contributed by atoms with E-state index in [4.69, 9.17) is 23.1 Å². The highest BCUT2D eigenvalue weighted by atomic mass is 28.2. The fourth-order valence-electron chi connectivity index (χ4n) is 4.97. The van der Waals surface area contributed by atoms with Crippen LogP contribution in [0.3, 0.4) is 0 Å². The molecule has 2 heterocycles. The van der Waals surface area contributed by atoms with Crippen molar-refractivity contribution in [2.24, 2.45) is 0 Å². The van der Waals surface area contributed by atoms with Crippen LogP contribution in [-0.2, 0) is 20.3 Å². The Labute approximate surface area is 225 Å². The van der Waals surface area contributed by atoms with Crippen LogP contribution in [0.4, 0.5) is 0 Å². The SMILES string of the molecule is CC1(C)O[C@@H](C(C)(C)O[Si]C(C)(C)C)[C@@H](COc2ccc3c(c2)C(=O)c2oc4cc(C#N)ccc4c2C3)O1. The van der Waals surface area contributed by atoms with Crippen molar-refractivity contribution in [2.45, 2.75) is 83.5 Å². The fourth-order valence-corrected chi connectivity index (χ4v) is 5.66. The van der Waals surface area contributed by atoms with Gasteiger partial charge in [-0.3, -0.25) is 4.79 Å². The zero-order valence-electron chi connectivity index (χ0n) is 22.9. The minimum Gasteiger partial charge on any atom is -0.491 e. The molecule has 1 aromatic heterocycles. The predicted octanol–water partition coefficient (Wildman–Crippen LogP) is 5.97. The quantitative estimate of drug-likeness (QED) is 0.283. The molecule has 1 saturated heterocycles. The van der Waals surface area contributed by atoms with E-state index in [1.807, 2.05) is 45.9 Å². The molecule has 0 saturated carbocycles. The van der Waals surface area contributed by atoms with E-state index in [9.17, 15) is 10.1 Å². The molecule has 38 heavy (non-hydrogen) atoms. The van der Waals surface area contributed by atoms with Gasteiger partial charge in [0.05, 0.1) is 17.2 Å². The summed E-state index contributed by atoms with van der Waals surface area (Å²) in [6.07, 6.45) is -0.110. The molecule has 198 valence electrons. The Kier molecular flexibility index (Phi) is 6.55. The summed E-state index contributed by atoms with van der Waals surface area (Å²) in [5.74, 6) is -0.0453. The molecule has 0 bridgehead atoms. The molecule has 0 unspecified atom stereocenters. The Bertz CT molecular complexity index is 1440. The molecule has 1 aliphatic carbocycles. The van der Waals surface area contributed by atoms with Crippen LogP contribution in [0.25, 0.3) is 11.0 Å². The Morgan fingerprint density at radius 1 is 1.11 bits per heavy atom. The van der Waals surface area contributed by atoms with Crippen LogP contribution in [0, 0.1) is 11.3 Å². The Morgan fingerprint density at radius 3 is 2.58 bits per heavy atom. The molecular formula is C30H33NO6Si. The number of furan rings is 1. The minimum absolute atomic E-state index is 0.0473. The number of carbonyl (C=O) groups excluding carboxylic acids is 1. The molecule has 2 radical (unpaired) electrons. The van der Waals surface area contributed by atoms with E-state index in [-0.39, 0.29) is 29.6 Å². The summed E-state index contributed by atoms with van der Waals surface area (Å²) in [6, 6.07) is 13.0. The lowest BCUT2D eigenvalue weighted by Crippen LogP contribution is -2.48. The van der Waals surface area contributed by atoms with E-state index in [0.29, 0.717) is 44.4 Å². The summed E-state index contributed by atoms with van der Waals surface area (Å²) in [5.41, 5.74) is 2.80. The molecule has 8 heteroatoms. The number of fused-ring (bicyclic) bond motifs is 4. The normalized spacial score (nSPS) is 20.7. The predicted molar refractivity (Wildman–Crippen MR) is 144 cm³/mol. The molecule has 2 aliphatic rings. The lowest BCUT2D eigenvalue weighted by molar-refractivity contribution is -0.162. The molecule has 0 N–H and O–H groups in total. The standard InChI is InChI=1S/C30H33NO6Si/c1-28(2,3)38-37-29(4,5)27-24(35-30(6,7)36-27)16-33-19-10-9-18-13-22-20-11-8-17(15-31)12-23(20)34-26(22)25(32)21(18)14-19/h8-12,14,24,27H,13,16H2,1-7H3/t24-,27-/m1/s1. The minimum atomic E-state index is -0.765. The summed E-state index contributed by atoms with van der Waals surface area (Å²) < 4.78 is 30.9. The zero-order valence-corrected chi connectivity index (χ0v) is 23.9. The molecule has 0 amide bonds. The van der Waals surface area contributed by atoms with Gasteiger partial charge in [0.25, 0.3) is 0 Å². The highest BCUT2D eigenvalue weighted by molar-refractivity contribution is 6.31. The topological polar surface area (TPSA) is 90.9 Å². The van der Waals surface area contributed by atoms with Gasteiger partial charge < -0.3 is 23.1 Å². The smallest absolute Gasteiger partial charge is 0.236 e. The molecule has 2 aromatic carbocycles. The van der Waals surface area contributed by atoms with Crippen molar-refractivity contribution in [3.63, 3.8) is 0 Å². The second-order valence-corrected chi connectivity index (χ2v) is 13.9. The molecule has 1 aliphatic heterocycles. The highest BCUT2D eigenvalue weighted by Gasteiger charge is 2.50. The third kappa shape index (κ3) is 5.16. The van der Waals surface area contributed by atoms with Crippen molar-refractivity contribution in [3.05, 3.63) is 64.4 Å². The number of ether oxygens (including phenoxy) is 3. The zero-order chi connectivity index (χ0) is 27.5. The number of benzene rings is 2. The maximum Gasteiger partial charge on any atom is 0.236 e. The van der Waals surface area contributed by atoms with Gasteiger partial charge in [0.15, 0.2) is 11.5 Å². The summed E-state index contributed by atoms with van der Waals surface area (Å²) >= 11 is 0. The number of nitriles is 1. The van der Waals surface area contributed by atoms with Crippen molar-refractivity contribution in [1.29, 1.82) is 5.26 Å². The third-order valence-corrected chi connectivity index (χ3v) is 7.97. The summed E-state index contributed by atoms with van der Waals surface area (Å²) in [5, 5.41) is 10.1. The average Bonchev–Trinajstić information content (AvgIpc) is 3.38. The first-order chi connectivity index (χ1) is 17.8. The Hall–Kier alpha value is -2.96. The molecule has 1 fully saturated rings. The number of hydrogen-bond donors (Lipinski definition) is 0. The van der Waals surface area contributed by atoms with Crippen molar-refractivity contribution in [3.8, 4) is 11.8 Å². The highest BCUT2D eigenvalue weighted by Crippen LogP contribution is 2.39. The van der Waals surface area contributed by atoms with E-state index in [1.165, 1.54) is 0 Å². The molecule has 5 rings (SSSR count). The third-order valence-electron chi connectivity index (χ3n) is 6.72. The monoisotopic (exact) mass is 531 g/mol. The second kappa shape index (κ2) is 9.35. The first kappa shape index (κ1) is 26.6. The van der Waals surface area contributed by atoms with Gasteiger partial charge in [0, 0.05) is 22.9 Å². The Morgan fingerprint density at radius 2 is 1.87 bits per heavy atom. The van der Waals surface area contributed by atoms with Crippen LogP contribution in [0.1, 0.15) is 81.3 Å². The van der Waals surface area contributed by atoms with Gasteiger partial charge in [-0.15, -0.1) is 0 Å². The average molecular weight is 532 g/mol. The molecule has 7 nitrogen and oxygen atoms in total. The van der Waals surface area contributed by atoms with Crippen molar-refractivity contribution in [1.82, 2.24) is 0 Å². The van der Waals surface area contributed by atoms with Gasteiger partial charge in [-0.1, -0.05) is 26.8 Å². The number of nitrogens with zero attached hydrogens (tertiary/aromatic N) is 1. The molecule has 0 spiro atoms. The first-order valence-electron chi connectivity index (χ1n) is 12.8. The lowest BCUT2D eigenvalue weighted by atomic mass is 9.88. The van der Waals surface area contributed by atoms with Crippen LogP contribution in [0.15, 0.2) is 40.8 Å². The fraction of sp³-hybridized carbons (Fsp3) is 0.467. The largest absolute Gasteiger partial charge is 0.491 e. The van der Waals surface area contributed by atoms with Crippen LogP contribution in [0.2, 0.25) is 5.04 Å². The van der Waals surface area contributed by atoms with E-state index in [2.05, 4.69) is 26.8 Å².